The van der Waals surface area contributed by atoms with Crippen LogP contribution in [0.1, 0.15) is 46.5 Å². The Balaban J connectivity index is 1.53. The van der Waals surface area contributed by atoms with Gasteiger partial charge in [0.1, 0.15) is 0 Å². The van der Waals surface area contributed by atoms with Crippen molar-refractivity contribution in [3.63, 3.8) is 0 Å². The maximum absolute atomic E-state index is 3.78. The minimum absolute atomic E-state index is 0.464. The molecule has 0 spiro atoms. The zero-order valence-electron chi connectivity index (χ0n) is 13.7. The van der Waals surface area contributed by atoms with Crippen LogP contribution in [-0.4, -0.2) is 61.2 Å². The number of piperazine rings is 1. The topological polar surface area (TPSA) is 18.5 Å². The second-order valence-corrected chi connectivity index (χ2v) is 7.91. The van der Waals surface area contributed by atoms with E-state index in [1.165, 1.54) is 58.4 Å². The van der Waals surface area contributed by atoms with Gasteiger partial charge in [0.15, 0.2) is 0 Å². The van der Waals surface area contributed by atoms with Gasteiger partial charge < -0.3 is 10.2 Å². The maximum Gasteiger partial charge on any atom is 0.0274 e. The first-order valence-electron chi connectivity index (χ1n) is 8.80. The lowest BCUT2D eigenvalue weighted by Crippen LogP contribution is -2.57. The van der Waals surface area contributed by atoms with Crippen LogP contribution in [0.2, 0.25) is 0 Å². The van der Waals surface area contributed by atoms with Crippen LogP contribution in [0.4, 0.5) is 0 Å². The van der Waals surface area contributed by atoms with E-state index in [4.69, 9.17) is 0 Å². The van der Waals surface area contributed by atoms with E-state index < -0.39 is 0 Å². The molecule has 0 aromatic rings. The van der Waals surface area contributed by atoms with Gasteiger partial charge in [-0.15, -0.1) is 0 Å². The molecule has 3 heteroatoms. The normalized spacial score (nSPS) is 35.5. The van der Waals surface area contributed by atoms with Crippen LogP contribution in [0.5, 0.6) is 0 Å². The lowest BCUT2D eigenvalue weighted by Gasteiger charge is -2.42. The van der Waals surface area contributed by atoms with Crippen molar-refractivity contribution in [2.24, 2.45) is 11.3 Å². The van der Waals surface area contributed by atoms with Gasteiger partial charge in [-0.25, -0.2) is 0 Å². The molecule has 2 saturated carbocycles. The summed E-state index contributed by atoms with van der Waals surface area (Å²) >= 11 is 0. The highest BCUT2D eigenvalue weighted by Crippen LogP contribution is 2.40. The number of nitrogens with one attached hydrogen (secondary N) is 1. The summed E-state index contributed by atoms with van der Waals surface area (Å²) in [4.78, 5) is 5.49. The maximum atomic E-state index is 3.78. The third-order valence-electron chi connectivity index (χ3n) is 5.82. The second kappa shape index (κ2) is 5.94. The molecule has 0 bridgehead atoms. The Morgan fingerprint density at radius 2 is 1.75 bits per heavy atom. The van der Waals surface area contributed by atoms with Crippen LogP contribution < -0.4 is 5.32 Å². The van der Waals surface area contributed by atoms with Gasteiger partial charge >= 0.3 is 0 Å². The van der Waals surface area contributed by atoms with E-state index in [0.29, 0.717) is 11.5 Å². The molecule has 3 rings (SSSR count). The fourth-order valence-electron chi connectivity index (χ4n) is 4.33. The third kappa shape index (κ3) is 3.20. The largest absolute Gasteiger partial charge is 0.312 e. The van der Waals surface area contributed by atoms with E-state index in [0.717, 1.165) is 18.5 Å². The van der Waals surface area contributed by atoms with Gasteiger partial charge in [0.2, 0.25) is 0 Å². The Bertz CT molecular complexity index is 316. The van der Waals surface area contributed by atoms with Gasteiger partial charge in [0.05, 0.1) is 0 Å². The van der Waals surface area contributed by atoms with Crippen molar-refractivity contribution >= 4 is 0 Å². The molecule has 0 aromatic heterocycles. The molecular formula is C17H33N3. The molecule has 3 aliphatic rings. The van der Waals surface area contributed by atoms with Crippen LogP contribution in [-0.2, 0) is 0 Å². The second-order valence-electron chi connectivity index (χ2n) is 7.91. The van der Waals surface area contributed by atoms with Crippen molar-refractivity contribution in [3.8, 4) is 0 Å². The smallest absolute Gasteiger partial charge is 0.0274 e. The molecule has 2 unspecified atom stereocenters. The first-order valence-corrected chi connectivity index (χ1v) is 8.80. The highest BCUT2D eigenvalue weighted by Gasteiger charge is 2.44. The van der Waals surface area contributed by atoms with Gasteiger partial charge in [-0.1, -0.05) is 20.8 Å². The predicted molar refractivity (Wildman–Crippen MR) is 85.0 cm³/mol. The monoisotopic (exact) mass is 279 g/mol. The molecule has 116 valence electrons. The SMILES string of the molecule is CCNC1C(N2CCN(CC3CC3)CC2)CCC1(C)C. The molecule has 1 aliphatic heterocycles. The zero-order chi connectivity index (χ0) is 14.2. The van der Waals surface area contributed by atoms with Crippen LogP contribution in [0.15, 0.2) is 0 Å². The fourth-order valence-corrected chi connectivity index (χ4v) is 4.33. The molecule has 3 fully saturated rings. The van der Waals surface area contributed by atoms with Gasteiger partial charge in [0.25, 0.3) is 0 Å². The number of nitrogens with zero attached hydrogens (tertiary/aromatic N) is 2. The molecular weight excluding hydrogens is 246 g/mol. The highest BCUT2D eigenvalue weighted by molar-refractivity contribution is 5.01. The standard InChI is InChI=1S/C17H33N3/c1-4-18-16-15(7-8-17(16,2)3)20-11-9-19(10-12-20)13-14-5-6-14/h14-16,18H,4-13H2,1-3H3. The van der Waals surface area contributed by atoms with Gasteiger partial charge in [-0.2, -0.15) is 0 Å². The quantitative estimate of drug-likeness (QED) is 0.832. The van der Waals surface area contributed by atoms with Gasteiger partial charge in [-0.3, -0.25) is 4.90 Å². The number of hydrogen-bond acceptors (Lipinski definition) is 3. The summed E-state index contributed by atoms with van der Waals surface area (Å²) in [6, 6.07) is 1.45. The van der Waals surface area contributed by atoms with Crippen LogP contribution in [0.3, 0.4) is 0 Å². The minimum atomic E-state index is 0.464. The molecule has 0 amide bonds. The number of hydrogen-bond donors (Lipinski definition) is 1. The van der Waals surface area contributed by atoms with E-state index >= 15 is 0 Å². The minimum Gasteiger partial charge on any atom is -0.312 e. The van der Waals surface area contributed by atoms with E-state index in [9.17, 15) is 0 Å². The zero-order valence-corrected chi connectivity index (χ0v) is 13.7. The Morgan fingerprint density at radius 3 is 2.35 bits per heavy atom. The molecule has 0 aromatic carbocycles. The van der Waals surface area contributed by atoms with Gasteiger partial charge in [-0.05, 0) is 43.6 Å². The van der Waals surface area contributed by atoms with Crippen molar-refractivity contribution in [1.29, 1.82) is 0 Å². The Labute approximate surface area is 125 Å². The molecule has 1 heterocycles. The fraction of sp³-hybridized carbons (Fsp3) is 1.00. The van der Waals surface area contributed by atoms with E-state index in [1.54, 1.807) is 0 Å². The van der Waals surface area contributed by atoms with Crippen LogP contribution in [0.25, 0.3) is 0 Å². The first-order chi connectivity index (χ1) is 9.60. The summed E-state index contributed by atoms with van der Waals surface area (Å²) in [7, 11) is 0. The summed E-state index contributed by atoms with van der Waals surface area (Å²) in [5, 5.41) is 3.78. The van der Waals surface area contributed by atoms with Crippen molar-refractivity contribution < 1.29 is 0 Å². The summed E-state index contributed by atoms with van der Waals surface area (Å²) in [6.45, 7) is 14.8. The van der Waals surface area contributed by atoms with E-state index in [2.05, 4.69) is 35.9 Å². The highest BCUT2D eigenvalue weighted by atomic mass is 15.3. The van der Waals surface area contributed by atoms with Crippen molar-refractivity contribution in [1.82, 2.24) is 15.1 Å². The average Bonchev–Trinajstić information content (AvgIpc) is 3.18. The third-order valence-corrected chi connectivity index (χ3v) is 5.82. The van der Waals surface area contributed by atoms with E-state index in [1.807, 2.05) is 0 Å². The van der Waals surface area contributed by atoms with Crippen LogP contribution in [0, 0.1) is 11.3 Å². The van der Waals surface area contributed by atoms with Gasteiger partial charge in [0, 0.05) is 44.8 Å². The van der Waals surface area contributed by atoms with E-state index in [-0.39, 0.29) is 0 Å². The van der Waals surface area contributed by atoms with Crippen molar-refractivity contribution in [3.05, 3.63) is 0 Å². The summed E-state index contributed by atoms with van der Waals surface area (Å²) in [6.07, 6.45) is 5.73. The van der Waals surface area contributed by atoms with Crippen LogP contribution >= 0.6 is 0 Å². The molecule has 1 N–H and O–H groups in total. The Kier molecular flexibility index (Phi) is 4.40. The van der Waals surface area contributed by atoms with Crippen molar-refractivity contribution in [2.45, 2.75) is 58.5 Å². The lowest BCUT2D eigenvalue weighted by atomic mass is 9.86. The number of rotatable bonds is 5. The first kappa shape index (κ1) is 14.8. The molecule has 0 radical (unpaired) electrons. The molecule has 20 heavy (non-hydrogen) atoms. The van der Waals surface area contributed by atoms with Crippen molar-refractivity contribution in [2.75, 3.05) is 39.3 Å². The summed E-state index contributed by atoms with van der Waals surface area (Å²) < 4.78 is 0. The molecule has 1 saturated heterocycles. The predicted octanol–water partition coefficient (Wildman–Crippen LogP) is 2.18. The summed E-state index contributed by atoms with van der Waals surface area (Å²) in [5.74, 6) is 1.04. The Hall–Kier alpha value is -0.120. The Morgan fingerprint density at radius 1 is 1.05 bits per heavy atom. The summed E-state index contributed by atoms with van der Waals surface area (Å²) in [5.41, 5.74) is 0.464. The number of likely N-dealkylation sites (N-methyl/N-ethyl adjacent to an activating group) is 1. The average molecular weight is 279 g/mol. The molecule has 3 nitrogen and oxygen atoms in total. The lowest BCUT2D eigenvalue weighted by molar-refractivity contribution is 0.0746. The molecule has 2 aliphatic carbocycles. The molecule has 2 atom stereocenters.